The van der Waals surface area contributed by atoms with Crippen molar-refractivity contribution in [2.75, 3.05) is 12.3 Å². The molecule has 2 unspecified atom stereocenters. The summed E-state index contributed by atoms with van der Waals surface area (Å²) in [5.74, 6) is 3.41. The highest BCUT2D eigenvalue weighted by Gasteiger charge is 2.25. The van der Waals surface area contributed by atoms with Crippen LogP contribution in [0, 0.1) is 5.92 Å². The second-order valence-electron chi connectivity index (χ2n) is 4.93. The molecule has 0 spiro atoms. The standard InChI is InChI=1S/C12H21N3OS/c1-8(2)9(7-13)12-14-11(15-16-12)10-5-3-4-6-17-10/h8-10H,3-7,13H2,1-2H3. The van der Waals surface area contributed by atoms with E-state index in [2.05, 4.69) is 24.0 Å². The van der Waals surface area contributed by atoms with Crippen molar-refractivity contribution in [1.82, 2.24) is 10.1 Å². The van der Waals surface area contributed by atoms with Gasteiger partial charge in [-0.05, 0) is 24.5 Å². The highest BCUT2D eigenvalue weighted by atomic mass is 32.2. The average Bonchev–Trinajstić information content (AvgIpc) is 2.80. The Hall–Kier alpha value is -0.550. The highest BCUT2D eigenvalue weighted by molar-refractivity contribution is 7.99. The van der Waals surface area contributed by atoms with Gasteiger partial charge < -0.3 is 10.3 Å². The van der Waals surface area contributed by atoms with Crippen LogP contribution >= 0.6 is 11.8 Å². The summed E-state index contributed by atoms with van der Waals surface area (Å²) in [6.07, 6.45) is 3.74. The minimum Gasteiger partial charge on any atom is -0.339 e. The zero-order valence-electron chi connectivity index (χ0n) is 10.6. The van der Waals surface area contributed by atoms with Crippen molar-refractivity contribution in [2.45, 2.75) is 44.3 Å². The fourth-order valence-electron chi connectivity index (χ4n) is 2.13. The smallest absolute Gasteiger partial charge is 0.231 e. The maximum atomic E-state index is 5.76. The van der Waals surface area contributed by atoms with Gasteiger partial charge in [-0.15, -0.1) is 0 Å². The number of aromatic nitrogens is 2. The van der Waals surface area contributed by atoms with Gasteiger partial charge in [-0.1, -0.05) is 25.4 Å². The lowest BCUT2D eigenvalue weighted by atomic mass is 9.96. The number of nitrogens with zero attached hydrogens (tertiary/aromatic N) is 2. The third-order valence-corrected chi connectivity index (χ3v) is 4.67. The molecule has 96 valence electrons. The van der Waals surface area contributed by atoms with Gasteiger partial charge in [0.05, 0.1) is 11.2 Å². The molecule has 5 heteroatoms. The Morgan fingerprint density at radius 2 is 2.29 bits per heavy atom. The second-order valence-corrected chi connectivity index (χ2v) is 6.24. The number of hydrogen-bond donors (Lipinski definition) is 1. The summed E-state index contributed by atoms with van der Waals surface area (Å²) in [6, 6.07) is 0. The van der Waals surface area contributed by atoms with Gasteiger partial charge in [-0.3, -0.25) is 0 Å². The van der Waals surface area contributed by atoms with Crippen LogP contribution in [-0.4, -0.2) is 22.4 Å². The molecule has 2 N–H and O–H groups in total. The van der Waals surface area contributed by atoms with Crippen molar-refractivity contribution in [3.63, 3.8) is 0 Å². The zero-order chi connectivity index (χ0) is 12.3. The molecule has 2 atom stereocenters. The molecule has 1 fully saturated rings. The first-order valence-corrected chi connectivity index (χ1v) is 7.42. The first-order chi connectivity index (χ1) is 8.22. The summed E-state index contributed by atoms with van der Waals surface area (Å²) in [7, 11) is 0. The molecular formula is C12H21N3OS. The van der Waals surface area contributed by atoms with Crippen LogP contribution in [0.2, 0.25) is 0 Å². The Bertz CT molecular complexity index is 347. The first-order valence-electron chi connectivity index (χ1n) is 6.37. The van der Waals surface area contributed by atoms with E-state index >= 15 is 0 Å². The van der Waals surface area contributed by atoms with E-state index in [0.717, 1.165) is 5.82 Å². The molecule has 1 aromatic rings. The van der Waals surface area contributed by atoms with E-state index in [9.17, 15) is 0 Å². The lowest BCUT2D eigenvalue weighted by molar-refractivity contribution is 0.321. The molecule has 0 aliphatic carbocycles. The van der Waals surface area contributed by atoms with Gasteiger partial charge in [0, 0.05) is 6.54 Å². The lowest BCUT2D eigenvalue weighted by Gasteiger charge is -2.17. The molecule has 1 aromatic heterocycles. The fraction of sp³-hybridized carbons (Fsp3) is 0.833. The van der Waals surface area contributed by atoms with Crippen LogP contribution in [0.1, 0.15) is 56.0 Å². The van der Waals surface area contributed by atoms with Crippen LogP contribution in [0.4, 0.5) is 0 Å². The maximum Gasteiger partial charge on any atom is 0.231 e. The maximum absolute atomic E-state index is 5.76. The molecule has 1 aliphatic heterocycles. The third kappa shape index (κ3) is 3.01. The number of rotatable bonds is 4. The summed E-state index contributed by atoms with van der Waals surface area (Å²) in [6.45, 7) is 4.84. The predicted molar refractivity (Wildman–Crippen MR) is 70.0 cm³/mol. The van der Waals surface area contributed by atoms with Gasteiger partial charge in [-0.2, -0.15) is 16.7 Å². The van der Waals surface area contributed by atoms with E-state index in [-0.39, 0.29) is 5.92 Å². The van der Waals surface area contributed by atoms with Gasteiger partial charge in [0.2, 0.25) is 5.89 Å². The molecule has 0 aromatic carbocycles. The summed E-state index contributed by atoms with van der Waals surface area (Å²) < 4.78 is 5.38. The molecular weight excluding hydrogens is 234 g/mol. The van der Waals surface area contributed by atoms with Crippen LogP contribution in [0.5, 0.6) is 0 Å². The SMILES string of the molecule is CC(C)C(CN)c1nc(C2CCCCS2)no1. The van der Waals surface area contributed by atoms with Crippen molar-refractivity contribution >= 4 is 11.8 Å². The molecule has 2 heterocycles. The van der Waals surface area contributed by atoms with Crippen LogP contribution in [-0.2, 0) is 0 Å². The van der Waals surface area contributed by atoms with Gasteiger partial charge in [0.15, 0.2) is 5.82 Å². The second kappa shape index (κ2) is 5.87. The third-order valence-electron chi connectivity index (χ3n) is 3.30. The Balaban J connectivity index is 2.08. The van der Waals surface area contributed by atoms with Crippen LogP contribution in [0.3, 0.4) is 0 Å². The molecule has 0 saturated carbocycles. The summed E-state index contributed by atoms with van der Waals surface area (Å²) in [5.41, 5.74) is 5.76. The minimum absolute atomic E-state index is 0.185. The fourth-order valence-corrected chi connectivity index (χ4v) is 3.36. The molecule has 0 amide bonds. The van der Waals surface area contributed by atoms with Crippen molar-refractivity contribution < 1.29 is 4.52 Å². The molecule has 0 bridgehead atoms. The topological polar surface area (TPSA) is 64.9 Å². The van der Waals surface area contributed by atoms with E-state index in [1.807, 2.05) is 11.8 Å². The normalized spacial score (nSPS) is 22.9. The monoisotopic (exact) mass is 255 g/mol. The Labute approximate surface area is 107 Å². The lowest BCUT2D eigenvalue weighted by Crippen LogP contribution is -2.18. The minimum atomic E-state index is 0.185. The summed E-state index contributed by atoms with van der Waals surface area (Å²) >= 11 is 1.94. The largest absolute Gasteiger partial charge is 0.339 e. The first kappa shape index (κ1) is 12.9. The van der Waals surface area contributed by atoms with Crippen molar-refractivity contribution in [1.29, 1.82) is 0 Å². The van der Waals surface area contributed by atoms with E-state index < -0.39 is 0 Å². The molecule has 1 aliphatic rings. The van der Waals surface area contributed by atoms with Gasteiger partial charge in [0.1, 0.15) is 0 Å². The molecule has 0 radical (unpaired) electrons. The van der Waals surface area contributed by atoms with Gasteiger partial charge in [-0.25, -0.2) is 0 Å². The molecule has 4 nitrogen and oxygen atoms in total. The molecule has 17 heavy (non-hydrogen) atoms. The number of thioether (sulfide) groups is 1. The van der Waals surface area contributed by atoms with Crippen molar-refractivity contribution in [2.24, 2.45) is 11.7 Å². The average molecular weight is 255 g/mol. The summed E-state index contributed by atoms with van der Waals surface area (Å²) in [4.78, 5) is 4.55. The summed E-state index contributed by atoms with van der Waals surface area (Å²) in [5, 5.41) is 4.55. The predicted octanol–water partition coefficient (Wildman–Crippen LogP) is 2.73. The van der Waals surface area contributed by atoms with Crippen LogP contribution < -0.4 is 5.73 Å². The van der Waals surface area contributed by atoms with Crippen LogP contribution in [0.15, 0.2) is 4.52 Å². The number of nitrogens with two attached hydrogens (primary N) is 1. The van der Waals surface area contributed by atoms with Crippen LogP contribution in [0.25, 0.3) is 0 Å². The molecule has 2 rings (SSSR count). The quantitative estimate of drug-likeness (QED) is 0.896. The van der Waals surface area contributed by atoms with E-state index in [1.54, 1.807) is 0 Å². The Kier molecular flexibility index (Phi) is 4.45. The molecule has 1 saturated heterocycles. The van der Waals surface area contributed by atoms with Gasteiger partial charge in [0.25, 0.3) is 0 Å². The van der Waals surface area contributed by atoms with Crippen molar-refractivity contribution in [3.8, 4) is 0 Å². The Morgan fingerprint density at radius 3 is 2.88 bits per heavy atom. The highest BCUT2D eigenvalue weighted by Crippen LogP contribution is 2.37. The Morgan fingerprint density at radius 1 is 1.47 bits per heavy atom. The van der Waals surface area contributed by atoms with Crippen molar-refractivity contribution in [3.05, 3.63) is 11.7 Å². The zero-order valence-corrected chi connectivity index (χ0v) is 11.4. The van der Waals surface area contributed by atoms with E-state index in [0.29, 0.717) is 23.6 Å². The van der Waals surface area contributed by atoms with Gasteiger partial charge >= 0.3 is 0 Å². The van der Waals surface area contributed by atoms with E-state index in [1.165, 1.54) is 25.0 Å². The van der Waals surface area contributed by atoms with E-state index in [4.69, 9.17) is 10.3 Å². The number of hydrogen-bond acceptors (Lipinski definition) is 5.